The summed E-state index contributed by atoms with van der Waals surface area (Å²) in [5, 5.41) is 14.3. The van der Waals surface area contributed by atoms with Gasteiger partial charge in [0.25, 0.3) is 5.91 Å². The summed E-state index contributed by atoms with van der Waals surface area (Å²) in [6, 6.07) is 9.53. The summed E-state index contributed by atoms with van der Waals surface area (Å²) < 4.78 is 0. The van der Waals surface area contributed by atoms with Crippen LogP contribution in [-0.2, 0) is 0 Å². The SMILES string of the molecule is O=C(N/N=C\C=C\c1ccccc1)c1nc[nH]c1[N+](=O)[O-]. The quantitative estimate of drug-likeness (QED) is 0.495. The van der Waals surface area contributed by atoms with E-state index in [1.165, 1.54) is 6.21 Å². The zero-order valence-electron chi connectivity index (χ0n) is 10.8. The maximum Gasteiger partial charge on any atom is 0.353 e. The van der Waals surface area contributed by atoms with Crippen molar-refractivity contribution < 1.29 is 9.72 Å². The lowest BCUT2D eigenvalue weighted by Gasteiger charge is -1.95. The molecule has 21 heavy (non-hydrogen) atoms. The van der Waals surface area contributed by atoms with Crippen LogP contribution in [0.1, 0.15) is 16.1 Å². The van der Waals surface area contributed by atoms with Crippen molar-refractivity contribution >= 4 is 24.0 Å². The van der Waals surface area contributed by atoms with E-state index < -0.39 is 16.6 Å². The lowest BCUT2D eigenvalue weighted by molar-refractivity contribution is -0.389. The highest BCUT2D eigenvalue weighted by Crippen LogP contribution is 2.11. The van der Waals surface area contributed by atoms with Gasteiger partial charge in [0.1, 0.15) is 0 Å². The first-order valence-electron chi connectivity index (χ1n) is 5.91. The topological polar surface area (TPSA) is 113 Å². The van der Waals surface area contributed by atoms with Gasteiger partial charge in [0.05, 0.1) is 0 Å². The third-order valence-electron chi connectivity index (χ3n) is 2.43. The molecular formula is C13H11N5O3. The first-order chi connectivity index (χ1) is 10.2. The predicted octanol–water partition coefficient (Wildman–Crippen LogP) is 1.75. The number of hydrogen-bond donors (Lipinski definition) is 2. The van der Waals surface area contributed by atoms with Crippen LogP contribution in [-0.4, -0.2) is 27.0 Å². The largest absolute Gasteiger partial charge is 0.358 e. The minimum Gasteiger partial charge on any atom is -0.358 e. The number of benzene rings is 1. The van der Waals surface area contributed by atoms with Crippen molar-refractivity contribution in [2.24, 2.45) is 5.10 Å². The van der Waals surface area contributed by atoms with Gasteiger partial charge in [0.2, 0.25) is 5.69 Å². The van der Waals surface area contributed by atoms with Crippen LogP contribution >= 0.6 is 0 Å². The number of nitrogens with zero attached hydrogens (tertiary/aromatic N) is 3. The van der Waals surface area contributed by atoms with Crippen LogP contribution < -0.4 is 5.43 Å². The van der Waals surface area contributed by atoms with Crippen molar-refractivity contribution in [1.29, 1.82) is 0 Å². The Bertz CT molecular complexity index is 691. The molecule has 0 unspecified atom stereocenters. The standard InChI is InChI=1S/C13H11N5O3/c19-13(11-12(18(20)21)15-9-14-11)17-16-8-4-7-10-5-2-1-3-6-10/h1-9H,(H,14,15)(H,17,19)/b7-4+,16-8-. The molecule has 1 aromatic carbocycles. The van der Waals surface area contributed by atoms with E-state index >= 15 is 0 Å². The van der Waals surface area contributed by atoms with Crippen LogP contribution in [0.15, 0.2) is 47.8 Å². The molecule has 2 rings (SSSR count). The highest BCUT2D eigenvalue weighted by molar-refractivity contribution is 5.95. The second-order valence-electron chi connectivity index (χ2n) is 3.85. The number of hydrogen-bond acceptors (Lipinski definition) is 5. The highest BCUT2D eigenvalue weighted by Gasteiger charge is 2.21. The molecule has 1 amide bonds. The molecule has 1 aromatic heterocycles. The number of carbonyl (C=O) groups excluding carboxylic acids is 1. The zero-order valence-corrected chi connectivity index (χ0v) is 10.8. The number of hydrazone groups is 1. The molecule has 8 nitrogen and oxygen atoms in total. The Hall–Kier alpha value is -3.29. The number of carbonyl (C=O) groups is 1. The summed E-state index contributed by atoms with van der Waals surface area (Å²) in [4.78, 5) is 27.4. The van der Waals surface area contributed by atoms with E-state index in [0.717, 1.165) is 11.9 Å². The Kier molecular flexibility index (Phi) is 4.54. The van der Waals surface area contributed by atoms with E-state index in [2.05, 4.69) is 20.5 Å². The minimum atomic E-state index is -0.757. The maximum atomic E-state index is 11.6. The Morgan fingerprint density at radius 1 is 1.38 bits per heavy atom. The van der Waals surface area contributed by atoms with Crippen LogP contribution in [0.4, 0.5) is 5.82 Å². The maximum absolute atomic E-state index is 11.6. The third-order valence-corrected chi connectivity index (χ3v) is 2.43. The number of H-pyrrole nitrogens is 1. The van der Waals surface area contributed by atoms with E-state index in [-0.39, 0.29) is 5.69 Å². The minimum absolute atomic E-state index is 0.316. The number of aromatic nitrogens is 2. The average Bonchev–Trinajstić information content (AvgIpc) is 2.97. The number of nitrogens with one attached hydrogen (secondary N) is 2. The van der Waals surface area contributed by atoms with Gasteiger partial charge in [-0.2, -0.15) is 5.10 Å². The molecule has 0 aliphatic rings. The van der Waals surface area contributed by atoms with Crippen molar-refractivity contribution in [2.45, 2.75) is 0 Å². The summed E-state index contributed by atoms with van der Waals surface area (Å²) in [7, 11) is 0. The fourth-order valence-corrected chi connectivity index (χ4v) is 1.50. The Morgan fingerprint density at radius 3 is 2.86 bits per heavy atom. The van der Waals surface area contributed by atoms with E-state index in [4.69, 9.17) is 0 Å². The second kappa shape index (κ2) is 6.75. The van der Waals surface area contributed by atoms with Gasteiger partial charge in [-0.3, -0.25) is 4.79 Å². The van der Waals surface area contributed by atoms with Crippen LogP contribution in [0, 0.1) is 10.1 Å². The molecular weight excluding hydrogens is 274 g/mol. The summed E-state index contributed by atoms with van der Waals surface area (Å²) in [5.41, 5.74) is 2.83. The summed E-state index contributed by atoms with van der Waals surface area (Å²) >= 11 is 0. The van der Waals surface area contributed by atoms with Crippen LogP contribution in [0.3, 0.4) is 0 Å². The van der Waals surface area contributed by atoms with Crippen LogP contribution in [0.5, 0.6) is 0 Å². The number of aromatic amines is 1. The van der Waals surface area contributed by atoms with Crippen LogP contribution in [0.2, 0.25) is 0 Å². The van der Waals surface area contributed by atoms with E-state index in [0.29, 0.717) is 0 Å². The number of amides is 1. The molecule has 0 spiro atoms. The molecule has 8 heteroatoms. The smallest absolute Gasteiger partial charge is 0.353 e. The number of imidazole rings is 1. The number of nitro groups is 1. The van der Waals surface area contributed by atoms with Gasteiger partial charge in [-0.15, -0.1) is 0 Å². The molecule has 0 aliphatic heterocycles. The van der Waals surface area contributed by atoms with Gasteiger partial charge in [-0.1, -0.05) is 36.4 Å². The Morgan fingerprint density at radius 2 is 2.14 bits per heavy atom. The first kappa shape index (κ1) is 14.1. The first-order valence-corrected chi connectivity index (χ1v) is 5.91. The van der Waals surface area contributed by atoms with Gasteiger partial charge in [-0.05, 0) is 16.6 Å². The van der Waals surface area contributed by atoms with Gasteiger partial charge in [-0.25, -0.2) is 15.4 Å². The van der Waals surface area contributed by atoms with Gasteiger partial charge in [0.15, 0.2) is 6.33 Å². The average molecular weight is 285 g/mol. The molecule has 0 radical (unpaired) electrons. The normalized spacial score (nSPS) is 11.0. The van der Waals surface area contributed by atoms with E-state index in [1.807, 2.05) is 30.3 Å². The monoisotopic (exact) mass is 285 g/mol. The molecule has 0 saturated heterocycles. The summed E-state index contributed by atoms with van der Waals surface area (Å²) in [6.07, 6.45) is 5.87. The zero-order chi connectivity index (χ0) is 15.1. The lowest BCUT2D eigenvalue weighted by Crippen LogP contribution is -2.19. The van der Waals surface area contributed by atoms with E-state index in [1.54, 1.807) is 12.2 Å². The highest BCUT2D eigenvalue weighted by atomic mass is 16.6. The van der Waals surface area contributed by atoms with Gasteiger partial charge in [0, 0.05) is 6.21 Å². The summed E-state index contributed by atoms with van der Waals surface area (Å²) in [5.74, 6) is -1.23. The predicted molar refractivity (Wildman–Crippen MR) is 76.7 cm³/mol. The van der Waals surface area contributed by atoms with Gasteiger partial charge < -0.3 is 10.1 Å². The fourth-order valence-electron chi connectivity index (χ4n) is 1.50. The molecule has 0 bridgehead atoms. The number of rotatable bonds is 5. The van der Waals surface area contributed by atoms with E-state index in [9.17, 15) is 14.9 Å². The van der Waals surface area contributed by atoms with Gasteiger partial charge >= 0.3 is 5.82 Å². The molecule has 0 fully saturated rings. The molecule has 1 heterocycles. The molecule has 2 aromatic rings. The molecule has 2 N–H and O–H groups in total. The van der Waals surface area contributed by atoms with Crippen molar-refractivity contribution in [1.82, 2.24) is 15.4 Å². The van der Waals surface area contributed by atoms with Crippen molar-refractivity contribution in [3.8, 4) is 0 Å². The molecule has 0 aliphatic carbocycles. The Balaban J connectivity index is 1.92. The number of allylic oxidation sites excluding steroid dienone is 1. The molecule has 0 saturated carbocycles. The lowest BCUT2D eigenvalue weighted by atomic mass is 10.2. The van der Waals surface area contributed by atoms with Crippen LogP contribution in [0.25, 0.3) is 6.08 Å². The second-order valence-corrected chi connectivity index (χ2v) is 3.85. The van der Waals surface area contributed by atoms with Crippen molar-refractivity contribution in [3.63, 3.8) is 0 Å². The fraction of sp³-hybridized carbons (Fsp3) is 0. The Labute approximate surface area is 119 Å². The molecule has 106 valence electrons. The van der Waals surface area contributed by atoms with Crippen molar-refractivity contribution in [2.75, 3.05) is 0 Å². The molecule has 0 atom stereocenters. The third kappa shape index (κ3) is 3.83. The summed E-state index contributed by atoms with van der Waals surface area (Å²) in [6.45, 7) is 0. The van der Waals surface area contributed by atoms with Crippen molar-refractivity contribution in [3.05, 3.63) is 64.1 Å².